The number of rotatable bonds is 3. The molecule has 0 aromatic carbocycles. The van der Waals surface area contributed by atoms with Gasteiger partial charge in [0.05, 0.1) is 13.2 Å². The standard InChI is InChI=1S/C10H18OS/c1-2-3-9(12)8-4-10(5-8)6-11-7-10/h8-9,12H,2-7H2,1H3. The van der Waals surface area contributed by atoms with Crippen molar-refractivity contribution < 1.29 is 4.74 Å². The van der Waals surface area contributed by atoms with Crippen molar-refractivity contribution in [3.63, 3.8) is 0 Å². The number of hydrogen-bond acceptors (Lipinski definition) is 2. The van der Waals surface area contributed by atoms with Gasteiger partial charge in [0.2, 0.25) is 0 Å². The molecule has 1 aliphatic carbocycles. The second-order valence-electron chi connectivity index (χ2n) is 4.52. The van der Waals surface area contributed by atoms with Gasteiger partial charge < -0.3 is 4.74 Å². The summed E-state index contributed by atoms with van der Waals surface area (Å²) in [7, 11) is 0. The third kappa shape index (κ3) is 1.39. The van der Waals surface area contributed by atoms with Crippen LogP contribution < -0.4 is 0 Å². The largest absolute Gasteiger partial charge is 0.380 e. The van der Waals surface area contributed by atoms with Crippen LogP contribution in [0.5, 0.6) is 0 Å². The second kappa shape index (κ2) is 3.22. The predicted octanol–water partition coefficient (Wildman–Crippen LogP) is 2.51. The molecule has 0 N–H and O–H groups in total. The van der Waals surface area contributed by atoms with E-state index in [1.54, 1.807) is 0 Å². The summed E-state index contributed by atoms with van der Waals surface area (Å²) in [6.07, 6.45) is 5.31. The Morgan fingerprint density at radius 1 is 1.50 bits per heavy atom. The Bertz CT molecular complexity index is 157. The van der Waals surface area contributed by atoms with Crippen molar-refractivity contribution in [2.45, 2.75) is 37.9 Å². The minimum Gasteiger partial charge on any atom is -0.380 e. The summed E-state index contributed by atoms with van der Waals surface area (Å²) in [6.45, 7) is 4.29. The summed E-state index contributed by atoms with van der Waals surface area (Å²) in [5.41, 5.74) is 0.624. The van der Waals surface area contributed by atoms with E-state index >= 15 is 0 Å². The molecule has 1 saturated heterocycles. The van der Waals surface area contributed by atoms with E-state index < -0.39 is 0 Å². The molecule has 1 saturated carbocycles. The van der Waals surface area contributed by atoms with Crippen molar-refractivity contribution in [3.8, 4) is 0 Å². The summed E-state index contributed by atoms with van der Waals surface area (Å²) < 4.78 is 5.24. The van der Waals surface area contributed by atoms with E-state index in [9.17, 15) is 0 Å². The van der Waals surface area contributed by atoms with Crippen LogP contribution in [0.3, 0.4) is 0 Å². The van der Waals surface area contributed by atoms with Gasteiger partial charge in [0.1, 0.15) is 0 Å². The highest BCUT2D eigenvalue weighted by molar-refractivity contribution is 7.81. The van der Waals surface area contributed by atoms with Crippen LogP contribution in [0.15, 0.2) is 0 Å². The Morgan fingerprint density at radius 3 is 2.58 bits per heavy atom. The first-order valence-corrected chi connectivity index (χ1v) is 5.53. The lowest BCUT2D eigenvalue weighted by Crippen LogP contribution is -2.54. The van der Waals surface area contributed by atoms with Gasteiger partial charge in [-0.15, -0.1) is 0 Å². The van der Waals surface area contributed by atoms with Gasteiger partial charge in [-0.3, -0.25) is 0 Å². The van der Waals surface area contributed by atoms with Gasteiger partial charge in [0, 0.05) is 10.7 Å². The highest BCUT2D eigenvalue weighted by Crippen LogP contribution is 2.53. The minimum atomic E-state index is 0.624. The topological polar surface area (TPSA) is 9.23 Å². The molecule has 1 atom stereocenters. The molecule has 2 rings (SSSR count). The Morgan fingerprint density at radius 2 is 2.17 bits per heavy atom. The Hall–Kier alpha value is 0.310. The van der Waals surface area contributed by atoms with E-state index in [-0.39, 0.29) is 0 Å². The van der Waals surface area contributed by atoms with Crippen molar-refractivity contribution in [3.05, 3.63) is 0 Å². The molecule has 0 radical (unpaired) electrons. The molecule has 2 aliphatic rings. The van der Waals surface area contributed by atoms with Gasteiger partial charge in [0.25, 0.3) is 0 Å². The van der Waals surface area contributed by atoms with Crippen LogP contribution in [0.1, 0.15) is 32.6 Å². The predicted molar refractivity (Wildman–Crippen MR) is 53.7 cm³/mol. The summed E-state index contributed by atoms with van der Waals surface area (Å²) in [5.74, 6) is 0.886. The molecule has 1 unspecified atom stereocenters. The monoisotopic (exact) mass is 186 g/mol. The molecule has 0 amide bonds. The minimum absolute atomic E-state index is 0.624. The van der Waals surface area contributed by atoms with E-state index in [4.69, 9.17) is 4.74 Å². The first-order valence-electron chi connectivity index (χ1n) is 5.01. The highest BCUT2D eigenvalue weighted by Gasteiger charge is 2.50. The molecule has 70 valence electrons. The zero-order valence-electron chi connectivity index (χ0n) is 7.75. The average Bonchev–Trinajstić information content (AvgIpc) is 1.81. The van der Waals surface area contributed by atoms with Crippen LogP contribution >= 0.6 is 12.6 Å². The van der Waals surface area contributed by atoms with Gasteiger partial charge in [0.15, 0.2) is 0 Å². The van der Waals surface area contributed by atoms with Crippen LogP contribution in [-0.4, -0.2) is 18.5 Å². The number of hydrogen-bond donors (Lipinski definition) is 1. The van der Waals surface area contributed by atoms with Crippen molar-refractivity contribution in [1.82, 2.24) is 0 Å². The lowest BCUT2D eigenvalue weighted by Gasteiger charge is -2.54. The lowest BCUT2D eigenvalue weighted by molar-refractivity contribution is -0.178. The molecular weight excluding hydrogens is 168 g/mol. The zero-order chi connectivity index (χ0) is 8.60. The smallest absolute Gasteiger partial charge is 0.0545 e. The van der Waals surface area contributed by atoms with Crippen molar-refractivity contribution >= 4 is 12.6 Å². The van der Waals surface area contributed by atoms with Crippen molar-refractivity contribution in [2.75, 3.05) is 13.2 Å². The van der Waals surface area contributed by atoms with E-state index in [0.717, 1.165) is 19.1 Å². The average molecular weight is 186 g/mol. The fourth-order valence-corrected chi connectivity index (χ4v) is 2.95. The SMILES string of the molecule is CCCC(S)C1CC2(COC2)C1. The summed E-state index contributed by atoms with van der Waals surface area (Å²) >= 11 is 4.64. The molecule has 2 fully saturated rings. The van der Waals surface area contributed by atoms with Crippen molar-refractivity contribution in [2.24, 2.45) is 11.3 Å². The van der Waals surface area contributed by atoms with Gasteiger partial charge in [-0.2, -0.15) is 12.6 Å². The van der Waals surface area contributed by atoms with E-state index in [2.05, 4.69) is 19.6 Å². The van der Waals surface area contributed by atoms with Gasteiger partial charge in [-0.05, 0) is 25.2 Å². The molecule has 1 nitrogen and oxygen atoms in total. The molecule has 0 aromatic heterocycles. The summed E-state index contributed by atoms with van der Waals surface area (Å²) in [6, 6.07) is 0. The van der Waals surface area contributed by atoms with Gasteiger partial charge in [-0.1, -0.05) is 13.3 Å². The van der Waals surface area contributed by atoms with Gasteiger partial charge in [-0.25, -0.2) is 0 Å². The summed E-state index contributed by atoms with van der Waals surface area (Å²) in [5, 5.41) is 0.654. The Balaban J connectivity index is 1.73. The molecule has 1 heterocycles. The molecule has 2 heteroatoms. The molecule has 0 bridgehead atoms. The van der Waals surface area contributed by atoms with E-state index in [1.807, 2.05) is 0 Å². The fourth-order valence-electron chi connectivity index (χ4n) is 2.48. The zero-order valence-corrected chi connectivity index (χ0v) is 8.65. The Labute approximate surface area is 80.3 Å². The fraction of sp³-hybridized carbons (Fsp3) is 1.00. The third-order valence-electron chi connectivity index (χ3n) is 3.34. The number of ether oxygens (including phenoxy) is 1. The Kier molecular flexibility index (Phi) is 2.39. The maximum atomic E-state index is 5.24. The lowest BCUT2D eigenvalue weighted by atomic mass is 9.59. The molecular formula is C10H18OS. The first kappa shape index (κ1) is 8.89. The van der Waals surface area contributed by atoms with Crippen LogP contribution in [-0.2, 0) is 4.74 Å². The maximum Gasteiger partial charge on any atom is 0.0545 e. The highest BCUT2D eigenvalue weighted by atomic mass is 32.1. The molecule has 1 spiro atoms. The van der Waals surface area contributed by atoms with Gasteiger partial charge >= 0.3 is 0 Å². The van der Waals surface area contributed by atoms with Crippen molar-refractivity contribution in [1.29, 1.82) is 0 Å². The van der Waals surface area contributed by atoms with E-state index in [0.29, 0.717) is 10.7 Å². The number of thiol groups is 1. The van der Waals surface area contributed by atoms with Crippen LogP contribution in [0, 0.1) is 11.3 Å². The summed E-state index contributed by atoms with van der Waals surface area (Å²) in [4.78, 5) is 0. The molecule has 0 aromatic rings. The van der Waals surface area contributed by atoms with E-state index in [1.165, 1.54) is 25.7 Å². The second-order valence-corrected chi connectivity index (χ2v) is 5.18. The molecule has 12 heavy (non-hydrogen) atoms. The quantitative estimate of drug-likeness (QED) is 0.666. The van der Waals surface area contributed by atoms with Crippen LogP contribution in [0.25, 0.3) is 0 Å². The third-order valence-corrected chi connectivity index (χ3v) is 4.02. The first-order chi connectivity index (χ1) is 5.76. The van der Waals surface area contributed by atoms with Crippen LogP contribution in [0.4, 0.5) is 0 Å². The molecule has 1 aliphatic heterocycles. The van der Waals surface area contributed by atoms with Crippen LogP contribution in [0.2, 0.25) is 0 Å². The maximum absolute atomic E-state index is 5.24. The normalized spacial score (nSPS) is 29.5.